The second-order valence-corrected chi connectivity index (χ2v) is 22.8. The molecule has 56 heavy (non-hydrogen) atoms. The third-order valence-electron chi connectivity index (χ3n) is 11.2. The van der Waals surface area contributed by atoms with Crippen LogP contribution in [-0.4, -0.2) is 3.21 Å². The topological polar surface area (TPSA) is 0 Å². The maximum Gasteiger partial charge on any atom is -1.00 e. The van der Waals surface area contributed by atoms with Crippen LogP contribution in [0.3, 0.4) is 0 Å². The summed E-state index contributed by atoms with van der Waals surface area (Å²) in [7, 11) is 0. The van der Waals surface area contributed by atoms with E-state index in [1.54, 1.807) is 3.28 Å². The fourth-order valence-corrected chi connectivity index (χ4v) is 18.4. The minimum atomic E-state index is -3.18. The molecule has 2 aliphatic carbocycles. The van der Waals surface area contributed by atoms with E-state index in [0.29, 0.717) is 5.92 Å². The molecule has 0 aliphatic heterocycles. The van der Waals surface area contributed by atoms with Gasteiger partial charge in [-0.2, -0.15) is 0 Å². The first-order valence-corrected chi connectivity index (χ1v) is 23.9. The summed E-state index contributed by atoms with van der Waals surface area (Å²) in [4.78, 5) is 0. The molecule has 1 atom stereocenters. The Hall–Kier alpha value is -3.29. The van der Waals surface area contributed by atoms with Gasteiger partial charge in [0, 0.05) is 0 Å². The third kappa shape index (κ3) is 8.60. The minimum absolute atomic E-state index is 0. The molecule has 0 bridgehead atoms. The molecule has 0 fully saturated rings. The second-order valence-electron chi connectivity index (χ2n) is 15.8. The van der Waals surface area contributed by atoms with Crippen molar-refractivity contribution in [2.24, 2.45) is 11.3 Å². The van der Waals surface area contributed by atoms with E-state index in [-0.39, 0.29) is 33.9 Å². The zero-order valence-electron chi connectivity index (χ0n) is 32.3. The maximum atomic E-state index is 6.91. The quantitative estimate of drug-likeness (QED) is 0.136. The molecule has 0 nitrogen and oxygen atoms in total. The second kappa shape index (κ2) is 18.1. The summed E-state index contributed by atoms with van der Waals surface area (Å²) in [5.41, 5.74) is 14.6. The standard InChI is InChI=1S/C25H17.C13H8Cl2.C13H21.2ClH.Zr/c1-3-7-18(8-4-1)20-11-13-24-22(15-20)17-23-16-21(12-14-25(23)24)19-9-5-2-6-10-19;14-12-5-1-3-10(8-12)7-11-4-2-6-13(15)9-11;1-5-6-7-11-8-9-12(10-11)13(2,3)4;;;/h1-17H;1-6,8-9H;9-11H,5-7H2,1-4H3;2*1H;/q;;;;;+2/p-2. The van der Waals surface area contributed by atoms with E-state index in [4.69, 9.17) is 23.2 Å². The van der Waals surface area contributed by atoms with Gasteiger partial charge in [-0.05, 0) is 0 Å². The largest absolute Gasteiger partial charge is 1.00 e. The summed E-state index contributed by atoms with van der Waals surface area (Å²) in [6.07, 6.45) is 8.83. The molecule has 0 radical (unpaired) electrons. The van der Waals surface area contributed by atoms with E-state index in [9.17, 15) is 0 Å². The van der Waals surface area contributed by atoms with Gasteiger partial charge in [0.2, 0.25) is 0 Å². The third-order valence-corrected chi connectivity index (χ3v) is 20.1. The summed E-state index contributed by atoms with van der Waals surface area (Å²) >= 11 is 10.6. The molecular weight excluding hydrogens is 846 g/mol. The van der Waals surface area contributed by atoms with Gasteiger partial charge in [-0.25, -0.2) is 0 Å². The van der Waals surface area contributed by atoms with E-state index >= 15 is 0 Å². The number of rotatable bonds is 9. The summed E-state index contributed by atoms with van der Waals surface area (Å²) in [6.45, 7) is 9.43. The molecule has 2 aliphatic rings. The van der Waals surface area contributed by atoms with Gasteiger partial charge >= 0.3 is 342 Å². The van der Waals surface area contributed by atoms with Crippen LogP contribution in [0.4, 0.5) is 0 Å². The zero-order valence-corrected chi connectivity index (χ0v) is 37.8. The van der Waals surface area contributed by atoms with Crippen LogP contribution in [0.25, 0.3) is 33.4 Å². The van der Waals surface area contributed by atoms with Crippen molar-refractivity contribution in [3.8, 4) is 33.4 Å². The van der Waals surface area contributed by atoms with Crippen molar-refractivity contribution in [3.05, 3.63) is 199 Å². The number of hydrogen-bond acceptors (Lipinski definition) is 0. The smallest absolute Gasteiger partial charge is 1.00 e. The molecular formula is C51H46Cl4Zr. The molecule has 0 saturated carbocycles. The zero-order chi connectivity index (χ0) is 37.4. The van der Waals surface area contributed by atoms with Crippen LogP contribution in [0.1, 0.15) is 72.8 Å². The van der Waals surface area contributed by atoms with E-state index in [1.165, 1.54) is 77.3 Å². The van der Waals surface area contributed by atoms with Crippen molar-refractivity contribution in [2.75, 3.05) is 0 Å². The van der Waals surface area contributed by atoms with Gasteiger partial charge in [0.25, 0.3) is 0 Å². The van der Waals surface area contributed by atoms with Crippen molar-refractivity contribution < 1.29 is 46.1 Å². The van der Waals surface area contributed by atoms with E-state index in [1.807, 2.05) is 12.1 Å². The molecule has 0 amide bonds. The monoisotopic (exact) mass is 888 g/mol. The van der Waals surface area contributed by atoms with Crippen LogP contribution in [-0.2, 0) is 21.3 Å². The van der Waals surface area contributed by atoms with Gasteiger partial charge in [0.15, 0.2) is 0 Å². The van der Waals surface area contributed by atoms with Crippen LogP contribution >= 0.6 is 23.2 Å². The number of unbranched alkanes of at least 4 members (excludes halogenated alkanes) is 1. The fourth-order valence-electron chi connectivity index (χ4n) is 8.45. The molecule has 0 N–H and O–H groups in total. The average molecular weight is 892 g/mol. The first kappa shape index (κ1) is 42.3. The Bertz CT molecular complexity index is 2300. The van der Waals surface area contributed by atoms with Crippen molar-refractivity contribution in [1.82, 2.24) is 0 Å². The van der Waals surface area contributed by atoms with Crippen LogP contribution in [0.15, 0.2) is 167 Å². The van der Waals surface area contributed by atoms with Gasteiger partial charge in [-0.15, -0.1) is 0 Å². The van der Waals surface area contributed by atoms with Gasteiger partial charge < -0.3 is 24.8 Å². The summed E-state index contributed by atoms with van der Waals surface area (Å²) < 4.78 is 3.35. The fraction of sp³-hybridized carbons (Fsp3) is 0.196. The van der Waals surface area contributed by atoms with Gasteiger partial charge in [0.05, 0.1) is 0 Å². The van der Waals surface area contributed by atoms with Crippen molar-refractivity contribution >= 4 is 26.4 Å². The Balaban J connectivity index is 0.00000266. The van der Waals surface area contributed by atoms with Gasteiger partial charge in [0.1, 0.15) is 0 Å². The van der Waals surface area contributed by atoms with Crippen molar-refractivity contribution in [1.29, 1.82) is 0 Å². The normalized spacial score (nSPS) is 14.3. The van der Waals surface area contributed by atoms with E-state index in [0.717, 1.165) is 16.5 Å². The molecule has 6 aromatic carbocycles. The van der Waals surface area contributed by atoms with E-state index < -0.39 is 21.3 Å². The molecule has 1 unspecified atom stereocenters. The SMILES string of the molecule is CCCCC1C=C(C(C)(C)C)C=[C]1[Zr+2](=[C](c1cccc(Cl)c1)c1cccc(Cl)c1)[CH]1c2cc(-c3ccccc3)ccc2-c2ccc(-c3ccccc3)cc21.[Cl-].[Cl-]. The Morgan fingerprint density at radius 3 is 1.54 bits per heavy atom. The van der Waals surface area contributed by atoms with Crippen molar-refractivity contribution in [2.45, 2.75) is 50.6 Å². The molecule has 282 valence electrons. The van der Waals surface area contributed by atoms with Gasteiger partial charge in [-0.3, -0.25) is 0 Å². The van der Waals surface area contributed by atoms with Crippen LogP contribution in [0.2, 0.25) is 10.0 Å². The molecule has 0 aromatic heterocycles. The predicted molar refractivity (Wildman–Crippen MR) is 229 cm³/mol. The number of fused-ring (bicyclic) bond motifs is 3. The van der Waals surface area contributed by atoms with Crippen LogP contribution in [0, 0.1) is 11.3 Å². The summed E-state index contributed by atoms with van der Waals surface area (Å²) in [6, 6.07) is 53.5. The molecule has 0 saturated heterocycles. The number of benzene rings is 6. The maximum absolute atomic E-state index is 6.91. The van der Waals surface area contributed by atoms with Gasteiger partial charge in [-0.1, -0.05) is 0 Å². The molecule has 0 spiro atoms. The number of hydrogen-bond donors (Lipinski definition) is 0. The first-order valence-electron chi connectivity index (χ1n) is 19.3. The Labute approximate surface area is 363 Å². The molecule has 0 heterocycles. The van der Waals surface area contributed by atoms with Crippen molar-refractivity contribution in [3.63, 3.8) is 0 Å². The number of halogens is 4. The average Bonchev–Trinajstić information content (AvgIpc) is 3.76. The Morgan fingerprint density at radius 2 is 1.09 bits per heavy atom. The summed E-state index contributed by atoms with van der Waals surface area (Å²) in [5, 5.41) is 1.52. The Morgan fingerprint density at radius 1 is 0.589 bits per heavy atom. The molecule has 5 heteroatoms. The molecule has 6 aromatic rings. The minimum Gasteiger partial charge on any atom is -1.00 e. The van der Waals surface area contributed by atoms with Crippen LogP contribution < -0.4 is 24.8 Å². The van der Waals surface area contributed by atoms with E-state index in [2.05, 4.69) is 173 Å². The first-order chi connectivity index (χ1) is 26.2. The molecule has 8 rings (SSSR count). The Kier molecular flexibility index (Phi) is 13.7. The number of allylic oxidation sites excluding steroid dienone is 4. The summed E-state index contributed by atoms with van der Waals surface area (Å²) in [5.74, 6) is 0.393. The predicted octanol–water partition coefficient (Wildman–Crippen LogP) is 8.97. The van der Waals surface area contributed by atoms with Crippen LogP contribution in [0.5, 0.6) is 0 Å².